The Balaban J connectivity index is 1.33. The van der Waals surface area contributed by atoms with Gasteiger partial charge in [-0.3, -0.25) is 9.48 Å². The maximum Gasteiger partial charge on any atom is 0.257 e. The van der Waals surface area contributed by atoms with Crippen molar-refractivity contribution in [3.05, 3.63) is 54.0 Å². The topological polar surface area (TPSA) is 106 Å². The Morgan fingerprint density at radius 2 is 2.15 bits per heavy atom. The van der Waals surface area contributed by atoms with Gasteiger partial charge in [0.05, 0.1) is 49.5 Å². The van der Waals surface area contributed by atoms with Crippen LogP contribution in [0.2, 0.25) is 0 Å². The standard InChI is InChI=1S/C24H24N6O4/c1-28-14-17(12-27-28)24(31)29-6-5-20(15-29)34-19-3-4-22-21(10-19)30(7-8-33-22)18-9-16(11-25)23(32-2)26-13-18/h3-4,9-10,12-14,20H,5-8,15H2,1-2H3. The minimum atomic E-state index is -0.107. The van der Waals surface area contributed by atoms with Crippen LogP contribution in [0.3, 0.4) is 0 Å². The van der Waals surface area contributed by atoms with E-state index in [4.69, 9.17) is 14.2 Å². The third kappa shape index (κ3) is 4.08. The molecule has 10 nitrogen and oxygen atoms in total. The summed E-state index contributed by atoms with van der Waals surface area (Å²) in [7, 11) is 3.28. The van der Waals surface area contributed by atoms with Gasteiger partial charge in [0.25, 0.3) is 5.91 Å². The second-order valence-electron chi connectivity index (χ2n) is 8.17. The number of hydrogen-bond acceptors (Lipinski definition) is 8. The first-order valence-electron chi connectivity index (χ1n) is 11.0. The lowest BCUT2D eigenvalue weighted by Crippen LogP contribution is -2.31. The molecule has 1 unspecified atom stereocenters. The third-order valence-electron chi connectivity index (χ3n) is 5.94. The SMILES string of the molecule is COc1ncc(N2CCOc3ccc(OC4CCN(C(=O)c5cnn(C)c5)C4)cc32)cc1C#N. The fourth-order valence-electron chi connectivity index (χ4n) is 4.29. The Bertz CT molecular complexity index is 1270. The van der Waals surface area contributed by atoms with E-state index < -0.39 is 0 Å². The number of anilines is 2. The monoisotopic (exact) mass is 460 g/mol. The van der Waals surface area contributed by atoms with Crippen LogP contribution in [0.25, 0.3) is 0 Å². The molecule has 3 aromatic rings. The third-order valence-corrected chi connectivity index (χ3v) is 5.94. The quantitative estimate of drug-likeness (QED) is 0.572. The van der Waals surface area contributed by atoms with E-state index in [2.05, 4.69) is 16.2 Å². The molecule has 0 aliphatic carbocycles. The van der Waals surface area contributed by atoms with Crippen LogP contribution in [-0.4, -0.2) is 65.0 Å². The number of carbonyl (C=O) groups is 1. The van der Waals surface area contributed by atoms with E-state index in [-0.39, 0.29) is 12.0 Å². The fourth-order valence-corrected chi connectivity index (χ4v) is 4.29. The van der Waals surface area contributed by atoms with Crippen LogP contribution in [0.1, 0.15) is 22.3 Å². The molecule has 2 aliphatic heterocycles. The van der Waals surface area contributed by atoms with Crippen molar-refractivity contribution in [2.75, 3.05) is 38.3 Å². The van der Waals surface area contributed by atoms with Gasteiger partial charge in [-0.2, -0.15) is 10.4 Å². The number of fused-ring (bicyclic) bond motifs is 1. The first kappa shape index (κ1) is 21.6. The molecular formula is C24H24N6O4. The van der Waals surface area contributed by atoms with Crippen molar-refractivity contribution in [2.45, 2.75) is 12.5 Å². The van der Waals surface area contributed by atoms with Gasteiger partial charge in [-0.25, -0.2) is 4.98 Å². The Morgan fingerprint density at radius 3 is 2.91 bits per heavy atom. The number of nitrogens with zero attached hydrogens (tertiary/aromatic N) is 6. The molecule has 10 heteroatoms. The molecule has 0 bridgehead atoms. The normalized spacial score (nSPS) is 17.0. The molecule has 174 valence electrons. The number of rotatable bonds is 5. The number of benzene rings is 1. The zero-order valence-electron chi connectivity index (χ0n) is 19.0. The van der Waals surface area contributed by atoms with Crippen LogP contribution >= 0.6 is 0 Å². The maximum absolute atomic E-state index is 12.7. The maximum atomic E-state index is 12.7. The van der Waals surface area contributed by atoms with E-state index in [0.717, 1.165) is 23.5 Å². The Labute approximate surface area is 196 Å². The van der Waals surface area contributed by atoms with Crippen LogP contribution in [0.4, 0.5) is 11.4 Å². The summed E-state index contributed by atoms with van der Waals surface area (Å²) < 4.78 is 18.9. The molecule has 0 radical (unpaired) electrons. The van der Waals surface area contributed by atoms with E-state index in [1.54, 1.807) is 41.3 Å². The number of hydrogen-bond donors (Lipinski definition) is 0. The van der Waals surface area contributed by atoms with Crippen molar-refractivity contribution >= 4 is 17.3 Å². The highest BCUT2D eigenvalue weighted by Gasteiger charge is 2.29. The van der Waals surface area contributed by atoms with E-state index in [0.29, 0.717) is 49.0 Å². The van der Waals surface area contributed by atoms with Crippen LogP contribution < -0.4 is 19.1 Å². The van der Waals surface area contributed by atoms with Crippen molar-refractivity contribution in [2.24, 2.45) is 7.05 Å². The number of ether oxygens (including phenoxy) is 3. The molecule has 1 fully saturated rings. The molecule has 5 rings (SSSR count). The molecule has 1 aromatic carbocycles. The average molecular weight is 460 g/mol. The zero-order valence-corrected chi connectivity index (χ0v) is 19.0. The molecule has 0 N–H and O–H groups in total. The molecule has 2 aromatic heterocycles. The van der Waals surface area contributed by atoms with Gasteiger partial charge in [0.15, 0.2) is 0 Å². The van der Waals surface area contributed by atoms with Gasteiger partial charge in [0, 0.05) is 32.3 Å². The number of amides is 1. The van der Waals surface area contributed by atoms with Crippen molar-refractivity contribution in [3.63, 3.8) is 0 Å². The van der Waals surface area contributed by atoms with Crippen LogP contribution in [-0.2, 0) is 7.05 Å². The summed E-state index contributed by atoms with van der Waals surface area (Å²) in [5.41, 5.74) is 2.55. The largest absolute Gasteiger partial charge is 0.490 e. The number of likely N-dealkylation sites (tertiary alicyclic amines) is 1. The molecule has 34 heavy (non-hydrogen) atoms. The summed E-state index contributed by atoms with van der Waals surface area (Å²) >= 11 is 0. The summed E-state index contributed by atoms with van der Waals surface area (Å²) in [5.74, 6) is 1.68. The summed E-state index contributed by atoms with van der Waals surface area (Å²) in [5, 5.41) is 13.5. The van der Waals surface area contributed by atoms with Crippen LogP contribution in [0, 0.1) is 11.3 Å². The zero-order chi connectivity index (χ0) is 23.7. The molecule has 1 saturated heterocycles. The second kappa shape index (κ2) is 8.94. The highest BCUT2D eigenvalue weighted by Crippen LogP contribution is 2.40. The highest BCUT2D eigenvalue weighted by atomic mass is 16.5. The second-order valence-corrected chi connectivity index (χ2v) is 8.17. The van der Waals surface area contributed by atoms with Gasteiger partial charge >= 0.3 is 0 Å². The Hall–Kier alpha value is -4.26. The molecule has 2 aliphatic rings. The smallest absolute Gasteiger partial charge is 0.257 e. The summed E-state index contributed by atoms with van der Waals surface area (Å²) in [6, 6.07) is 9.57. The van der Waals surface area contributed by atoms with Gasteiger partial charge in [0.2, 0.25) is 5.88 Å². The van der Waals surface area contributed by atoms with E-state index in [9.17, 15) is 10.1 Å². The highest BCUT2D eigenvalue weighted by molar-refractivity contribution is 5.93. The lowest BCUT2D eigenvalue weighted by atomic mass is 10.2. The van der Waals surface area contributed by atoms with Crippen molar-refractivity contribution in [1.82, 2.24) is 19.7 Å². The minimum absolute atomic E-state index is 0.0375. The van der Waals surface area contributed by atoms with Crippen molar-refractivity contribution < 1.29 is 19.0 Å². The predicted octanol–water partition coefficient (Wildman–Crippen LogP) is 2.52. The van der Waals surface area contributed by atoms with Crippen LogP contribution in [0.5, 0.6) is 17.4 Å². The molecule has 0 spiro atoms. The number of nitriles is 1. The number of methoxy groups -OCH3 is 1. The van der Waals surface area contributed by atoms with E-state index in [1.165, 1.54) is 7.11 Å². The van der Waals surface area contributed by atoms with E-state index >= 15 is 0 Å². The molecule has 0 saturated carbocycles. The molecule has 1 amide bonds. The first-order valence-corrected chi connectivity index (χ1v) is 11.0. The van der Waals surface area contributed by atoms with Gasteiger partial charge in [-0.1, -0.05) is 0 Å². The van der Waals surface area contributed by atoms with Gasteiger partial charge in [0.1, 0.15) is 35.8 Å². The fraction of sp³-hybridized carbons (Fsp3) is 0.333. The molecule has 1 atom stereocenters. The summed E-state index contributed by atoms with van der Waals surface area (Å²) in [6.45, 7) is 2.26. The number of aromatic nitrogens is 3. The average Bonchev–Trinajstić information content (AvgIpc) is 3.52. The Morgan fingerprint density at radius 1 is 1.26 bits per heavy atom. The van der Waals surface area contributed by atoms with Crippen LogP contribution in [0.15, 0.2) is 42.9 Å². The summed E-state index contributed by atoms with van der Waals surface area (Å²) in [6.07, 6.45) is 5.63. The number of pyridine rings is 1. The van der Waals surface area contributed by atoms with E-state index in [1.807, 2.05) is 23.1 Å². The molecule has 4 heterocycles. The predicted molar refractivity (Wildman–Crippen MR) is 123 cm³/mol. The number of carbonyl (C=O) groups excluding carboxylic acids is 1. The first-order chi connectivity index (χ1) is 16.6. The molecular weight excluding hydrogens is 436 g/mol. The summed E-state index contributed by atoms with van der Waals surface area (Å²) in [4.78, 5) is 20.8. The van der Waals surface area contributed by atoms with Gasteiger partial charge in [-0.15, -0.1) is 0 Å². The lowest BCUT2D eigenvalue weighted by Gasteiger charge is -2.31. The minimum Gasteiger partial charge on any atom is -0.490 e. The van der Waals surface area contributed by atoms with Crippen molar-refractivity contribution in [1.29, 1.82) is 5.26 Å². The van der Waals surface area contributed by atoms with Crippen molar-refractivity contribution in [3.8, 4) is 23.4 Å². The lowest BCUT2D eigenvalue weighted by molar-refractivity contribution is 0.0772. The van der Waals surface area contributed by atoms with Gasteiger partial charge in [-0.05, 0) is 18.2 Å². The number of aryl methyl sites for hydroxylation is 1. The van der Waals surface area contributed by atoms with Gasteiger partial charge < -0.3 is 24.0 Å². The Kier molecular flexibility index (Phi) is 5.67.